The molecule has 0 radical (unpaired) electrons. The number of amides is 2. The number of hydrogen-bond donors (Lipinski definition) is 4. The summed E-state index contributed by atoms with van der Waals surface area (Å²) < 4.78 is 0. The van der Waals surface area contributed by atoms with E-state index in [4.69, 9.17) is 10.2 Å². The predicted molar refractivity (Wildman–Crippen MR) is 163 cm³/mol. The molecule has 1 aliphatic carbocycles. The molecule has 0 spiro atoms. The molecule has 2 atom stereocenters. The summed E-state index contributed by atoms with van der Waals surface area (Å²) in [6, 6.07) is 0.107. The molecule has 1 saturated carbocycles. The third-order valence-corrected chi connectivity index (χ3v) is 7.54. The molecule has 4 N–H and O–H groups in total. The average molecular weight is 549 g/mol. The fraction of sp³-hybridized carbons (Fsp3) is 0.818. The highest BCUT2D eigenvalue weighted by Crippen LogP contribution is 2.21. The summed E-state index contributed by atoms with van der Waals surface area (Å²) in [4.78, 5) is 24.2. The van der Waals surface area contributed by atoms with Crippen LogP contribution in [0, 0.1) is 0 Å². The molecule has 226 valence electrons. The molecule has 1 aliphatic rings. The predicted octanol–water partition coefficient (Wildman–Crippen LogP) is 7.04. The molecule has 6 nitrogen and oxygen atoms in total. The number of carbonyl (C=O) groups excluding carboxylic acids is 2. The number of rotatable bonds is 28. The Morgan fingerprint density at radius 1 is 0.487 bits per heavy atom. The summed E-state index contributed by atoms with van der Waals surface area (Å²) in [5, 5.41) is 23.5. The Balaban J connectivity index is 1.89. The summed E-state index contributed by atoms with van der Waals surface area (Å²) >= 11 is 0. The molecular weight excluding hydrogens is 488 g/mol. The Morgan fingerprint density at radius 3 is 1.08 bits per heavy atom. The Hall–Kier alpha value is -1.66. The monoisotopic (exact) mass is 548 g/mol. The van der Waals surface area contributed by atoms with E-state index in [2.05, 4.69) is 10.6 Å². The number of aliphatic hydroxyl groups is 2. The van der Waals surface area contributed by atoms with Gasteiger partial charge >= 0.3 is 0 Å². The molecule has 2 amide bonds. The molecule has 0 aliphatic heterocycles. The summed E-state index contributed by atoms with van der Waals surface area (Å²) in [5.41, 5.74) is 0. The minimum absolute atomic E-state index is 0.0535. The van der Waals surface area contributed by atoms with Crippen LogP contribution in [0.15, 0.2) is 24.3 Å². The smallest absolute Gasteiger partial charge is 0.243 e. The van der Waals surface area contributed by atoms with E-state index >= 15 is 0 Å². The minimum atomic E-state index is -0.0600. The number of allylic oxidation sites excluding steroid dienone is 2. The van der Waals surface area contributed by atoms with E-state index in [-0.39, 0.29) is 23.9 Å². The average Bonchev–Trinajstić information content (AvgIpc) is 3.65. The van der Waals surface area contributed by atoms with Crippen molar-refractivity contribution in [3.05, 3.63) is 24.3 Å². The first kappa shape index (κ1) is 35.4. The second-order valence-electron chi connectivity index (χ2n) is 11.4. The first-order chi connectivity index (χ1) is 19.2. The van der Waals surface area contributed by atoms with Crippen LogP contribution in [0.2, 0.25) is 0 Å². The Labute approximate surface area is 239 Å². The zero-order valence-corrected chi connectivity index (χ0v) is 24.9. The van der Waals surface area contributed by atoms with Crippen molar-refractivity contribution >= 4 is 11.8 Å². The van der Waals surface area contributed by atoms with Gasteiger partial charge in [0.25, 0.3) is 0 Å². The number of nitrogens with one attached hydrogen (secondary N) is 2. The van der Waals surface area contributed by atoms with Crippen LogP contribution < -0.4 is 10.6 Å². The number of aliphatic hydroxyl groups excluding tert-OH is 2. The van der Waals surface area contributed by atoms with Crippen molar-refractivity contribution in [3.63, 3.8) is 0 Å². The lowest BCUT2D eigenvalue weighted by Crippen LogP contribution is -2.33. The van der Waals surface area contributed by atoms with E-state index in [9.17, 15) is 9.59 Å². The van der Waals surface area contributed by atoms with Crippen molar-refractivity contribution in [3.8, 4) is 0 Å². The number of hydrogen-bond acceptors (Lipinski definition) is 4. The Kier molecular flexibility index (Phi) is 24.1. The van der Waals surface area contributed by atoms with Crippen molar-refractivity contribution < 1.29 is 19.8 Å². The van der Waals surface area contributed by atoms with Crippen LogP contribution in [0.25, 0.3) is 0 Å². The zero-order chi connectivity index (χ0) is 28.2. The molecule has 0 heterocycles. The van der Waals surface area contributed by atoms with Crippen molar-refractivity contribution in [1.29, 1.82) is 0 Å². The normalized spacial score (nSPS) is 16.8. The molecule has 0 saturated heterocycles. The van der Waals surface area contributed by atoms with Gasteiger partial charge in [0.15, 0.2) is 0 Å². The molecule has 0 aromatic rings. The second kappa shape index (κ2) is 26.6. The van der Waals surface area contributed by atoms with Gasteiger partial charge in [0.1, 0.15) is 0 Å². The van der Waals surface area contributed by atoms with E-state index in [1.165, 1.54) is 89.9 Å². The third kappa shape index (κ3) is 23.9. The first-order valence-corrected chi connectivity index (χ1v) is 16.3. The molecule has 0 aromatic heterocycles. The fourth-order valence-corrected chi connectivity index (χ4v) is 4.93. The van der Waals surface area contributed by atoms with Gasteiger partial charge in [-0.05, 0) is 57.1 Å². The molecule has 6 heteroatoms. The second-order valence-corrected chi connectivity index (χ2v) is 11.4. The molecule has 0 unspecified atom stereocenters. The highest BCUT2D eigenvalue weighted by atomic mass is 16.3. The van der Waals surface area contributed by atoms with Crippen LogP contribution in [0.5, 0.6) is 0 Å². The molecule has 39 heavy (non-hydrogen) atoms. The minimum Gasteiger partial charge on any atom is -0.396 e. The van der Waals surface area contributed by atoms with Gasteiger partial charge in [0.2, 0.25) is 11.8 Å². The lowest BCUT2D eigenvalue weighted by Gasteiger charge is -2.03. The van der Waals surface area contributed by atoms with Gasteiger partial charge in [-0.25, -0.2) is 0 Å². The maximum absolute atomic E-state index is 12.1. The van der Waals surface area contributed by atoms with Crippen LogP contribution in [-0.4, -0.2) is 47.3 Å². The molecular formula is C33H60N2O4. The standard InChI is InChI=1S/C33H60N2O4/c36-27-23-19-15-11-7-3-1-5-9-13-17-21-25-32(38)34-30-29-31(30)35-33(39)26-22-18-14-10-6-2-4-8-12-16-20-24-28-37/h21-22,25-26,30-31,36-37H,1-20,23-24,27-29H2,(H,34,38)(H,35,39)/b25-21+,26-22+/t30-,31+. The van der Waals surface area contributed by atoms with E-state index in [0.717, 1.165) is 57.8 Å². The largest absolute Gasteiger partial charge is 0.396 e. The van der Waals surface area contributed by atoms with Gasteiger partial charge in [-0.15, -0.1) is 0 Å². The highest BCUT2D eigenvalue weighted by Gasteiger charge is 2.38. The topological polar surface area (TPSA) is 98.7 Å². The lowest BCUT2D eigenvalue weighted by molar-refractivity contribution is -0.118. The van der Waals surface area contributed by atoms with Gasteiger partial charge in [0, 0.05) is 13.2 Å². The summed E-state index contributed by atoms with van der Waals surface area (Å²) in [5.74, 6) is -0.120. The molecule has 0 aromatic carbocycles. The Bertz CT molecular complexity index is 596. The van der Waals surface area contributed by atoms with E-state index in [1.807, 2.05) is 12.2 Å². The number of unbranched alkanes of at least 4 members (excludes halogenated alkanes) is 20. The van der Waals surface area contributed by atoms with Gasteiger partial charge in [0.05, 0.1) is 12.1 Å². The Morgan fingerprint density at radius 2 is 0.769 bits per heavy atom. The summed E-state index contributed by atoms with van der Waals surface area (Å²) in [7, 11) is 0. The van der Waals surface area contributed by atoms with E-state index in [0.29, 0.717) is 13.2 Å². The van der Waals surface area contributed by atoms with Crippen molar-refractivity contribution in [1.82, 2.24) is 10.6 Å². The SMILES string of the molecule is O=C(/C=C/CCCCCCCCCCCCO)N[C@H]1C[C@H]1NC(=O)/C=C/CCCCCCCCCCCCO. The van der Waals surface area contributed by atoms with Crippen LogP contribution in [0.3, 0.4) is 0 Å². The van der Waals surface area contributed by atoms with Crippen LogP contribution in [0.4, 0.5) is 0 Å². The van der Waals surface area contributed by atoms with Gasteiger partial charge < -0.3 is 20.8 Å². The molecule has 0 bridgehead atoms. The van der Waals surface area contributed by atoms with Crippen LogP contribution in [0.1, 0.15) is 148 Å². The molecule has 1 fully saturated rings. The van der Waals surface area contributed by atoms with Gasteiger partial charge in [-0.2, -0.15) is 0 Å². The summed E-state index contributed by atoms with van der Waals surface area (Å²) in [6.07, 6.45) is 34.2. The quantitative estimate of drug-likeness (QED) is 0.0622. The van der Waals surface area contributed by atoms with Crippen LogP contribution in [-0.2, 0) is 9.59 Å². The highest BCUT2D eigenvalue weighted by molar-refractivity contribution is 5.89. The maximum Gasteiger partial charge on any atom is 0.243 e. The van der Waals surface area contributed by atoms with Gasteiger partial charge in [-0.1, -0.05) is 115 Å². The van der Waals surface area contributed by atoms with E-state index in [1.54, 1.807) is 12.2 Å². The number of carbonyl (C=O) groups is 2. The van der Waals surface area contributed by atoms with Crippen molar-refractivity contribution in [2.45, 2.75) is 160 Å². The van der Waals surface area contributed by atoms with Crippen molar-refractivity contribution in [2.75, 3.05) is 13.2 Å². The molecule has 1 rings (SSSR count). The lowest BCUT2D eigenvalue weighted by atomic mass is 10.1. The summed E-state index contributed by atoms with van der Waals surface area (Å²) in [6.45, 7) is 0.646. The fourth-order valence-electron chi connectivity index (χ4n) is 4.93. The maximum atomic E-state index is 12.1. The van der Waals surface area contributed by atoms with Crippen molar-refractivity contribution in [2.24, 2.45) is 0 Å². The van der Waals surface area contributed by atoms with Gasteiger partial charge in [-0.3, -0.25) is 9.59 Å². The zero-order valence-electron chi connectivity index (χ0n) is 24.9. The first-order valence-electron chi connectivity index (χ1n) is 16.3. The van der Waals surface area contributed by atoms with E-state index < -0.39 is 0 Å². The third-order valence-electron chi connectivity index (χ3n) is 7.54. The van der Waals surface area contributed by atoms with Crippen LogP contribution >= 0.6 is 0 Å².